The number of ether oxygens (including phenoxy) is 1. The fourth-order valence-corrected chi connectivity index (χ4v) is 6.39. The van der Waals surface area contributed by atoms with E-state index in [4.69, 9.17) is 9.72 Å². The summed E-state index contributed by atoms with van der Waals surface area (Å²) in [5, 5.41) is 11.1. The second-order valence-corrected chi connectivity index (χ2v) is 11.0. The number of fused-ring (bicyclic) bond motifs is 1. The molecule has 0 bridgehead atoms. The third-order valence-electron chi connectivity index (χ3n) is 7.77. The van der Waals surface area contributed by atoms with Crippen LogP contribution in [0, 0.1) is 0 Å². The molecule has 7 nitrogen and oxygen atoms in total. The van der Waals surface area contributed by atoms with E-state index < -0.39 is 0 Å². The van der Waals surface area contributed by atoms with Gasteiger partial charge in [0.15, 0.2) is 4.96 Å². The number of hydrogen-bond donors (Lipinski definition) is 0. The van der Waals surface area contributed by atoms with Crippen LogP contribution in [0.5, 0.6) is 0 Å². The predicted octanol–water partition coefficient (Wildman–Crippen LogP) is 6.78. The second-order valence-electron chi connectivity index (χ2n) is 10.2. The molecule has 1 aliphatic heterocycles. The second kappa shape index (κ2) is 12.7. The molecular weight excluding hydrogens is 528 g/mol. The van der Waals surface area contributed by atoms with Gasteiger partial charge in [0.25, 0.3) is 0 Å². The summed E-state index contributed by atoms with van der Waals surface area (Å²) in [5.41, 5.74) is 9.30. The monoisotopic (exact) mass is 564 g/mol. The minimum absolute atomic E-state index is 0.748. The average Bonchev–Trinajstić information content (AvgIpc) is 3.73. The van der Waals surface area contributed by atoms with E-state index in [0.29, 0.717) is 0 Å². The third-order valence-corrected chi connectivity index (χ3v) is 8.53. The SMILES string of the molecule is CCN(CC)c1ccc(/C=C2/CCC(/C=N/N=C/c3c(-c4ccccc4)nc4sccn34)=C2N2CCOCC2)cc1. The highest BCUT2D eigenvalue weighted by Gasteiger charge is 2.25. The first-order chi connectivity index (χ1) is 20.2. The Morgan fingerprint density at radius 1 is 0.951 bits per heavy atom. The zero-order chi connectivity index (χ0) is 28.0. The maximum absolute atomic E-state index is 5.67. The number of benzene rings is 2. The van der Waals surface area contributed by atoms with Crippen LogP contribution in [0.15, 0.2) is 93.2 Å². The Balaban J connectivity index is 1.28. The molecule has 0 unspecified atom stereocenters. The minimum Gasteiger partial charge on any atom is -0.378 e. The Hall–Kier alpha value is -4.01. The molecule has 0 amide bonds. The highest BCUT2D eigenvalue weighted by atomic mass is 32.1. The lowest BCUT2D eigenvalue weighted by atomic mass is 10.1. The topological polar surface area (TPSA) is 57.7 Å². The highest BCUT2D eigenvalue weighted by molar-refractivity contribution is 7.15. The van der Waals surface area contributed by atoms with E-state index in [1.807, 2.05) is 42.2 Å². The van der Waals surface area contributed by atoms with Crippen molar-refractivity contribution in [3.63, 3.8) is 0 Å². The normalized spacial score (nSPS) is 17.2. The first-order valence-corrected chi connectivity index (χ1v) is 15.3. The third kappa shape index (κ3) is 5.89. The van der Waals surface area contributed by atoms with Gasteiger partial charge in [-0.2, -0.15) is 10.2 Å². The summed E-state index contributed by atoms with van der Waals surface area (Å²) in [6, 6.07) is 19.2. The van der Waals surface area contributed by atoms with Crippen LogP contribution in [0.25, 0.3) is 22.3 Å². The number of morpholine rings is 1. The summed E-state index contributed by atoms with van der Waals surface area (Å²) >= 11 is 1.62. The molecular formula is C33H36N6OS. The first kappa shape index (κ1) is 27.2. The summed E-state index contributed by atoms with van der Waals surface area (Å²) in [6.07, 6.45) is 10.1. The average molecular weight is 565 g/mol. The Labute approximate surface area is 245 Å². The van der Waals surface area contributed by atoms with Gasteiger partial charge in [0.05, 0.1) is 37.0 Å². The van der Waals surface area contributed by atoms with Crippen LogP contribution in [-0.2, 0) is 4.74 Å². The van der Waals surface area contributed by atoms with Crippen LogP contribution in [-0.4, -0.2) is 66.1 Å². The van der Waals surface area contributed by atoms with Gasteiger partial charge in [0.1, 0.15) is 0 Å². The Morgan fingerprint density at radius 2 is 1.71 bits per heavy atom. The lowest BCUT2D eigenvalue weighted by Gasteiger charge is -2.31. The Morgan fingerprint density at radius 3 is 2.46 bits per heavy atom. The fraction of sp³-hybridized carbons (Fsp3) is 0.303. The van der Waals surface area contributed by atoms with Crippen molar-refractivity contribution < 1.29 is 4.74 Å². The molecule has 2 aromatic heterocycles. The van der Waals surface area contributed by atoms with Crippen molar-refractivity contribution in [2.75, 3.05) is 44.3 Å². The minimum atomic E-state index is 0.748. The van der Waals surface area contributed by atoms with Gasteiger partial charge >= 0.3 is 0 Å². The van der Waals surface area contributed by atoms with E-state index in [1.165, 1.54) is 28.1 Å². The van der Waals surface area contributed by atoms with Crippen molar-refractivity contribution in [3.8, 4) is 11.3 Å². The zero-order valence-corrected chi connectivity index (χ0v) is 24.6. The van der Waals surface area contributed by atoms with Crippen molar-refractivity contribution in [1.29, 1.82) is 0 Å². The van der Waals surface area contributed by atoms with E-state index in [1.54, 1.807) is 11.3 Å². The number of hydrogen-bond acceptors (Lipinski definition) is 7. The Kier molecular flexibility index (Phi) is 8.39. The van der Waals surface area contributed by atoms with Crippen molar-refractivity contribution in [1.82, 2.24) is 14.3 Å². The summed E-state index contributed by atoms with van der Waals surface area (Å²) in [5.74, 6) is 0. The molecule has 0 spiro atoms. The molecule has 1 aliphatic carbocycles. The molecule has 3 heterocycles. The van der Waals surface area contributed by atoms with Gasteiger partial charge in [-0.1, -0.05) is 42.5 Å². The molecule has 41 heavy (non-hydrogen) atoms. The van der Waals surface area contributed by atoms with Crippen LogP contribution in [0.1, 0.15) is 37.9 Å². The number of allylic oxidation sites excluding steroid dienone is 2. The maximum Gasteiger partial charge on any atom is 0.194 e. The van der Waals surface area contributed by atoms with E-state index >= 15 is 0 Å². The van der Waals surface area contributed by atoms with Crippen molar-refractivity contribution in [2.24, 2.45) is 10.2 Å². The number of nitrogens with zero attached hydrogens (tertiary/aromatic N) is 6. The smallest absolute Gasteiger partial charge is 0.194 e. The van der Waals surface area contributed by atoms with Crippen molar-refractivity contribution in [2.45, 2.75) is 26.7 Å². The molecule has 1 fully saturated rings. The molecule has 0 N–H and O–H groups in total. The molecule has 8 heteroatoms. The van der Waals surface area contributed by atoms with Gasteiger partial charge in [-0.3, -0.25) is 4.40 Å². The molecule has 0 atom stereocenters. The predicted molar refractivity (Wildman–Crippen MR) is 171 cm³/mol. The molecule has 2 aliphatic rings. The number of thiazole rings is 1. The molecule has 6 rings (SSSR count). The highest BCUT2D eigenvalue weighted by Crippen LogP contribution is 2.35. The molecule has 0 saturated carbocycles. The quantitative estimate of drug-likeness (QED) is 0.166. The maximum atomic E-state index is 5.67. The molecule has 210 valence electrons. The van der Waals surface area contributed by atoms with Gasteiger partial charge in [-0.25, -0.2) is 4.98 Å². The van der Waals surface area contributed by atoms with Gasteiger partial charge in [0.2, 0.25) is 0 Å². The largest absolute Gasteiger partial charge is 0.378 e. The summed E-state index contributed by atoms with van der Waals surface area (Å²) in [6.45, 7) is 9.70. The lowest BCUT2D eigenvalue weighted by Crippen LogP contribution is -2.36. The van der Waals surface area contributed by atoms with Gasteiger partial charge < -0.3 is 14.5 Å². The van der Waals surface area contributed by atoms with E-state index in [9.17, 15) is 0 Å². The number of aromatic nitrogens is 2. The molecule has 2 aromatic carbocycles. The van der Waals surface area contributed by atoms with Crippen LogP contribution in [0.3, 0.4) is 0 Å². The van der Waals surface area contributed by atoms with Crippen LogP contribution < -0.4 is 4.90 Å². The number of imidazole rings is 1. The standard InChI is InChI=1S/C33H36N6OS/c1-3-37(4-2)29-14-10-25(11-15-29)22-27-12-13-28(32(27)38-16-19-40-20-17-38)23-34-35-24-30-31(26-8-6-5-7-9-26)36-33-39(30)18-21-41-33/h5-11,14-15,18,21-24H,3-4,12-13,16-17,19-20H2,1-2H3/b27-22-,34-23+,35-24+. The van der Waals surface area contributed by atoms with E-state index in [0.717, 1.165) is 74.1 Å². The molecule has 4 aromatic rings. The summed E-state index contributed by atoms with van der Waals surface area (Å²) in [4.78, 5) is 10.6. The summed E-state index contributed by atoms with van der Waals surface area (Å²) in [7, 11) is 0. The van der Waals surface area contributed by atoms with E-state index in [-0.39, 0.29) is 0 Å². The zero-order valence-electron chi connectivity index (χ0n) is 23.7. The Bertz CT molecular complexity index is 1590. The van der Waals surface area contributed by atoms with E-state index in [2.05, 4.69) is 80.7 Å². The van der Waals surface area contributed by atoms with Crippen LogP contribution in [0.4, 0.5) is 5.69 Å². The van der Waals surface area contributed by atoms with Crippen molar-refractivity contribution >= 4 is 40.5 Å². The van der Waals surface area contributed by atoms with Gasteiger partial charge in [0, 0.05) is 54.7 Å². The lowest BCUT2D eigenvalue weighted by molar-refractivity contribution is 0.0548. The number of rotatable bonds is 9. The summed E-state index contributed by atoms with van der Waals surface area (Å²) < 4.78 is 7.74. The molecule has 1 saturated heterocycles. The van der Waals surface area contributed by atoms with Crippen molar-refractivity contribution in [3.05, 3.63) is 94.3 Å². The number of anilines is 1. The van der Waals surface area contributed by atoms with Gasteiger partial charge in [-0.05, 0) is 61.6 Å². The molecule has 0 radical (unpaired) electrons. The van der Waals surface area contributed by atoms with Crippen LogP contribution in [0.2, 0.25) is 0 Å². The fourth-order valence-electron chi connectivity index (χ4n) is 5.67. The first-order valence-electron chi connectivity index (χ1n) is 14.4. The van der Waals surface area contributed by atoms with Gasteiger partial charge in [-0.15, -0.1) is 11.3 Å². The van der Waals surface area contributed by atoms with Crippen LogP contribution >= 0.6 is 11.3 Å².